The van der Waals surface area contributed by atoms with Gasteiger partial charge >= 0.3 is 0 Å². The third-order valence-electron chi connectivity index (χ3n) is 3.72. The van der Waals surface area contributed by atoms with Crippen LogP contribution in [-0.2, 0) is 6.42 Å². The molecule has 0 aliphatic rings. The summed E-state index contributed by atoms with van der Waals surface area (Å²) in [6.07, 6.45) is 3.45. The topological polar surface area (TPSA) is 66.9 Å². The summed E-state index contributed by atoms with van der Waals surface area (Å²) < 4.78 is 26.2. The van der Waals surface area contributed by atoms with E-state index in [0.717, 1.165) is 29.8 Å². The molecule has 0 saturated heterocycles. The van der Waals surface area contributed by atoms with Crippen LogP contribution in [0.2, 0.25) is 0 Å². The maximum atomic E-state index is 13.2. The summed E-state index contributed by atoms with van der Waals surface area (Å²) in [6.45, 7) is 2.00. The highest BCUT2D eigenvalue weighted by Gasteiger charge is 2.11. The molecule has 0 spiro atoms. The molecule has 2 N–H and O–H groups in total. The summed E-state index contributed by atoms with van der Waals surface area (Å²) in [5, 5.41) is 5.60. The Labute approximate surface area is 149 Å². The van der Waals surface area contributed by atoms with Crippen molar-refractivity contribution in [2.24, 2.45) is 0 Å². The zero-order valence-corrected chi connectivity index (χ0v) is 14.0. The molecule has 26 heavy (non-hydrogen) atoms. The van der Waals surface area contributed by atoms with Crippen LogP contribution in [0, 0.1) is 11.6 Å². The van der Waals surface area contributed by atoms with E-state index < -0.39 is 11.6 Å². The second-order valence-corrected chi connectivity index (χ2v) is 5.51. The van der Waals surface area contributed by atoms with E-state index in [4.69, 9.17) is 0 Å². The number of hydrogen-bond donors (Lipinski definition) is 2. The number of amides is 1. The summed E-state index contributed by atoms with van der Waals surface area (Å²) in [5.74, 6) is -1.96. The highest BCUT2D eigenvalue weighted by Crippen LogP contribution is 2.18. The average molecular weight is 354 g/mol. The first-order valence-electron chi connectivity index (χ1n) is 8.00. The summed E-state index contributed by atoms with van der Waals surface area (Å²) in [4.78, 5) is 20.5. The molecule has 0 aliphatic carbocycles. The van der Waals surface area contributed by atoms with Crippen LogP contribution in [-0.4, -0.2) is 15.9 Å². The van der Waals surface area contributed by atoms with Crippen LogP contribution in [0.3, 0.4) is 0 Å². The number of carbonyl (C=O) groups excluding carboxylic acids is 1. The fourth-order valence-corrected chi connectivity index (χ4v) is 2.37. The number of rotatable bonds is 5. The van der Waals surface area contributed by atoms with Crippen molar-refractivity contribution in [3.05, 3.63) is 77.8 Å². The van der Waals surface area contributed by atoms with Crippen LogP contribution in [0.1, 0.15) is 23.0 Å². The standard InChI is InChI=1S/C19H16F2N4O/c1-2-12-5-3-4-6-16(12)25-19(26)17-10-23-18(11-22-17)24-13-7-8-14(20)15(21)9-13/h3-11H,2H2,1H3,(H,23,24)(H,25,26). The lowest BCUT2D eigenvalue weighted by Crippen LogP contribution is -2.15. The van der Waals surface area contributed by atoms with E-state index in [1.54, 1.807) is 0 Å². The number of benzene rings is 2. The van der Waals surface area contributed by atoms with Gasteiger partial charge < -0.3 is 10.6 Å². The van der Waals surface area contributed by atoms with Gasteiger partial charge in [0.2, 0.25) is 0 Å². The van der Waals surface area contributed by atoms with E-state index in [0.29, 0.717) is 11.5 Å². The van der Waals surface area contributed by atoms with Crippen molar-refractivity contribution in [3.8, 4) is 0 Å². The number of nitrogens with zero attached hydrogens (tertiary/aromatic N) is 2. The van der Waals surface area contributed by atoms with E-state index in [-0.39, 0.29) is 11.6 Å². The van der Waals surface area contributed by atoms with Crippen molar-refractivity contribution >= 4 is 23.1 Å². The number of nitrogens with one attached hydrogen (secondary N) is 2. The van der Waals surface area contributed by atoms with E-state index in [1.807, 2.05) is 31.2 Å². The molecule has 1 amide bonds. The Bertz CT molecular complexity index is 929. The van der Waals surface area contributed by atoms with Crippen LogP contribution in [0.4, 0.5) is 26.0 Å². The van der Waals surface area contributed by atoms with Gasteiger partial charge in [0, 0.05) is 17.4 Å². The Morgan fingerprint density at radius 2 is 1.85 bits per heavy atom. The first-order chi connectivity index (χ1) is 12.6. The fraction of sp³-hybridized carbons (Fsp3) is 0.105. The number of aromatic nitrogens is 2. The number of aryl methyl sites for hydroxylation is 1. The highest BCUT2D eigenvalue weighted by atomic mass is 19.2. The predicted octanol–water partition coefficient (Wildman–Crippen LogP) is 4.31. The highest BCUT2D eigenvalue weighted by molar-refractivity contribution is 6.03. The lowest BCUT2D eigenvalue weighted by molar-refractivity contribution is 0.102. The maximum absolute atomic E-state index is 13.2. The molecule has 0 radical (unpaired) electrons. The molecule has 1 aromatic heterocycles. The molecule has 2 aromatic carbocycles. The summed E-state index contributed by atoms with van der Waals surface area (Å²) in [6, 6.07) is 10.9. The van der Waals surface area contributed by atoms with Gasteiger partial charge in [-0.1, -0.05) is 25.1 Å². The first kappa shape index (κ1) is 17.5. The molecule has 0 unspecified atom stereocenters. The molecule has 0 fully saturated rings. The molecule has 1 heterocycles. The predicted molar refractivity (Wildman–Crippen MR) is 95.4 cm³/mol. The molecule has 5 nitrogen and oxygen atoms in total. The average Bonchev–Trinajstić information content (AvgIpc) is 2.66. The molecular formula is C19H16F2N4O. The van der Waals surface area contributed by atoms with Crippen LogP contribution >= 0.6 is 0 Å². The van der Waals surface area contributed by atoms with E-state index in [1.165, 1.54) is 18.5 Å². The third-order valence-corrected chi connectivity index (χ3v) is 3.72. The molecular weight excluding hydrogens is 338 g/mol. The summed E-state index contributed by atoms with van der Waals surface area (Å²) >= 11 is 0. The number of anilines is 3. The summed E-state index contributed by atoms with van der Waals surface area (Å²) in [5.41, 5.74) is 2.22. The van der Waals surface area contributed by atoms with Gasteiger partial charge in [-0.05, 0) is 30.2 Å². The Morgan fingerprint density at radius 1 is 1.04 bits per heavy atom. The van der Waals surface area contributed by atoms with Crippen LogP contribution < -0.4 is 10.6 Å². The SMILES string of the molecule is CCc1ccccc1NC(=O)c1cnc(Nc2ccc(F)c(F)c2)cn1. The van der Waals surface area contributed by atoms with Crippen molar-refractivity contribution in [3.63, 3.8) is 0 Å². The van der Waals surface area contributed by atoms with Gasteiger partial charge in [0.05, 0.1) is 12.4 Å². The van der Waals surface area contributed by atoms with E-state index in [9.17, 15) is 13.6 Å². The minimum atomic E-state index is -0.964. The van der Waals surface area contributed by atoms with Crippen molar-refractivity contribution in [1.82, 2.24) is 9.97 Å². The number of carbonyl (C=O) groups is 1. The summed E-state index contributed by atoms with van der Waals surface area (Å²) in [7, 11) is 0. The molecule has 0 aliphatic heterocycles. The maximum Gasteiger partial charge on any atom is 0.275 e. The molecule has 0 saturated carbocycles. The van der Waals surface area contributed by atoms with Gasteiger partial charge in [-0.25, -0.2) is 18.7 Å². The van der Waals surface area contributed by atoms with E-state index >= 15 is 0 Å². The number of halogens is 2. The first-order valence-corrected chi connectivity index (χ1v) is 8.00. The lowest BCUT2D eigenvalue weighted by Gasteiger charge is -2.10. The van der Waals surface area contributed by atoms with Gasteiger partial charge in [-0.3, -0.25) is 4.79 Å². The normalized spacial score (nSPS) is 10.4. The van der Waals surface area contributed by atoms with Crippen LogP contribution in [0.15, 0.2) is 54.9 Å². The van der Waals surface area contributed by atoms with E-state index in [2.05, 4.69) is 20.6 Å². The van der Waals surface area contributed by atoms with Gasteiger partial charge in [0.1, 0.15) is 11.5 Å². The Kier molecular flexibility index (Phi) is 5.17. The van der Waals surface area contributed by atoms with Crippen molar-refractivity contribution < 1.29 is 13.6 Å². The fourth-order valence-electron chi connectivity index (χ4n) is 2.37. The number of hydrogen-bond acceptors (Lipinski definition) is 4. The van der Waals surface area contributed by atoms with Gasteiger partial charge in [0.15, 0.2) is 11.6 Å². The van der Waals surface area contributed by atoms with Gasteiger partial charge in [-0.15, -0.1) is 0 Å². The molecule has 0 atom stereocenters. The van der Waals surface area contributed by atoms with Crippen molar-refractivity contribution in [1.29, 1.82) is 0 Å². The second kappa shape index (κ2) is 7.69. The molecule has 3 rings (SSSR count). The van der Waals surface area contributed by atoms with Crippen LogP contribution in [0.5, 0.6) is 0 Å². The zero-order valence-electron chi connectivity index (χ0n) is 14.0. The minimum absolute atomic E-state index is 0.145. The smallest absolute Gasteiger partial charge is 0.275 e. The van der Waals surface area contributed by atoms with Gasteiger partial charge in [-0.2, -0.15) is 0 Å². The zero-order chi connectivity index (χ0) is 18.5. The Morgan fingerprint density at radius 3 is 2.54 bits per heavy atom. The number of para-hydroxylation sites is 1. The van der Waals surface area contributed by atoms with Crippen LogP contribution in [0.25, 0.3) is 0 Å². The van der Waals surface area contributed by atoms with Crippen molar-refractivity contribution in [2.75, 3.05) is 10.6 Å². The monoisotopic (exact) mass is 354 g/mol. The van der Waals surface area contributed by atoms with Gasteiger partial charge in [0.25, 0.3) is 5.91 Å². The Hall–Kier alpha value is -3.35. The lowest BCUT2D eigenvalue weighted by atomic mass is 10.1. The molecule has 0 bridgehead atoms. The van der Waals surface area contributed by atoms with Crippen molar-refractivity contribution in [2.45, 2.75) is 13.3 Å². The molecule has 7 heteroatoms. The quantitative estimate of drug-likeness (QED) is 0.716. The third kappa shape index (κ3) is 4.00. The molecule has 132 valence electrons. The minimum Gasteiger partial charge on any atom is -0.339 e. The largest absolute Gasteiger partial charge is 0.339 e. The molecule has 3 aromatic rings. The second-order valence-electron chi connectivity index (χ2n) is 5.51. The Balaban J connectivity index is 1.70.